The van der Waals surface area contributed by atoms with Crippen LogP contribution in [-0.2, 0) is 16.1 Å². The zero-order valence-electron chi connectivity index (χ0n) is 9.63. The molecule has 0 aliphatic rings. The van der Waals surface area contributed by atoms with Gasteiger partial charge in [-0.05, 0) is 22.9 Å². The highest BCUT2D eigenvalue weighted by Gasteiger charge is 2.12. The number of alkyl halides is 1. The van der Waals surface area contributed by atoms with E-state index in [1.54, 1.807) is 29.0 Å². The molecule has 2 aromatic heterocycles. The molecule has 2 rings (SSSR count). The minimum absolute atomic E-state index is 0.126. The third kappa shape index (κ3) is 3.79. The number of hydrogen-bond acceptors (Lipinski definition) is 6. The quantitative estimate of drug-likeness (QED) is 0.625. The van der Waals surface area contributed by atoms with Gasteiger partial charge in [-0.25, -0.2) is 9.59 Å². The molecule has 4 nitrogen and oxygen atoms in total. The van der Waals surface area contributed by atoms with Crippen LogP contribution >= 0.6 is 34.3 Å². The number of carbonyl (C=O) groups is 2. The van der Waals surface area contributed by atoms with E-state index in [1.807, 2.05) is 0 Å². The van der Waals surface area contributed by atoms with E-state index in [4.69, 9.17) is 16.3 Å². The van der Waals surface area contributed by atoms with Gasteiger partial charge < -0.3 is 9.47 Å². The Kier molecular flexibility index (Phi) is 4.95. The average molecular weight is 317 g/mol. The molecule has 0 radical (unpaired) electrons. The molecule has 100 valence electrons. The Morgan fingerprint density at radius 1 is 1.16 bits per heavy atom. The van der Waals surface area contributed by atoms with Gasteiger partial charge >= 0.3 is 11.9 Å². The minimum atomic E-state index is -0.476. The van der Waals surface area contributed by atoms with Crippen molar-refractivity contribution in [3.05, 3.63) is 44.3 Å². The normalized spacial score (nSPS) is 10.2. The lowest BCUT2D eigenvalue weighted by Gasteiger charge is -2.00. The summed E-state index contributed by atoms with van der Waals surface area (Å²) in [6.07, 6.45) is 0. The number of esters is 2. The van der Waals surface area contributed by atoms with Crippen LogP contribution in [0.3, 0.4) is 0 Å². The fourth-order valence-electron chi connectivity index (χ4n) is 1.29. The van der Waals surface area contributed by atoms with E-state index in [1.165, 1.54) is 22.7 Å². The van der Waals surface area contributed by atoms with Crippen LogP contribution in [0.15, 0.2) is 29.0 Å². The van der Waals surface area contributed by atoms with Crippen LogP contribution in [0.2, 0.25) is 0 Å². The van der Waals surface area contributed by atoms with E-state index in [-0.39, 0.29) is 18.6 Å². The van der Waals surface area contributed by atoms with Crippen LogP contribution in [0.1, 0.15) is 24.9 Å². The zero-order chi connectivity index (χ0) is 13.7. The second-order valence-corrected chi connectivity index (χ2v) is 5.49. The molecule has 0 saturated heterocycles. The van der Waals surface area contributed by atoms with Crippen molar-refractivity contribution in [2.75, 3.05) is 6.07 Å². The summed E-state index contributed by atoms with van der Waals surface area (Å²) in [6.45, 7) is 0.126. The molecule has 19 heavy (non-hydrogen) atoms. The number of rotatable bonds is 5. The molecule has 0 bridgehead atoms. The lowest BCUT2D eigenvalue weighted by Crippen LogP contribution is -2.03. The first-order valence-corrected chi connectivity index (χ1v) is 7.51. The van der Waals surface area contributed by atoms with Crippen molar-refractivity contribution in [2.24, 2.45) is 0 Å². The Morgan fingerprint density at radius 2 is 1.95 bits per heavy atom. The van der Waals surface area contributed by atoms with E-state index in [2.05, 4.69) is 4.74 Å². The summed E-state index contributed by atoms with van der Waals surface area (Å²) in [5.41, 5.74) is 0.747. The number of hydrogen-bond donors (Lipinski definition) is 0. The summed E-state index contributed by atoms with van der Waals surface area (Å²) in [7, 11) is 0. The van der Waals surface area contributed by atoms with Crippen molar-refractivity contribution >= 4 is 46.2 Å². The third-order valence-corrected chi connectivity index (χ3v) is 4.05. The van der Waals surface area contributed by atoms with Crippen molar-refractivity contribution in [1.29, 1.82) is 0 Å². The Bertz CT molecular complexity index is 562. The standard InChI is InChI=1S/C12H9ClO4S2/c13-7-17-12(15)10-4-8(6-19-10)5-16-11(14)9-2-1-3-18-9/h1-4,6H,5,7H2. The third-order valence-electron chi connectivity index (χ3n) is 2.13. The summed E-state index contributed by atoms with van der Waals surface area (Å²) in [4.78, 5) is 24.0. The molecule has 0 fully saturated rings. The van der Waals surface area contributed by atoms with Crippen molar-refractivity contribution < 1.29 is 19.1 Å². The molecule has 2 heterocycles. The molecule has 2 aromatic rings. The fraction of sp³-hybridized carbons (Fsp3) is 0.167. The van der Waals surface area contributed by atoms with Crippen molar-refractivity contribution in [2.45, 2.75) is 6.61 Å². The topological polar surface area (TPSA) is 52.6 Å². The van der Waals surface area contributed by atoms with Gasteiger partial charge in [0.25, 0.3) is 0 Å². The first-order chi connectivity index (χ1) is 9.20. The van der Waals surface area contributed by atoms with Crippen LogP contribution in [0.5, 0.6) is 0 Å². The summed E-state index contributed by atoms with van der Waals surface area (Å²) in [5.74, 6) is -0.845. The van der Waals surface area contributed by atoms with Gasteiger partial charge in [0.05, 0.1) is 0 Å². The van der Waals surface area contributed by atoms with Crippen molar-refractivity contribution in [3.8, 4) is 0 Å². The molecule has 0 N–H and O–H groups in total. The molecule has 0 aliphatic carbocycles. The first-order valence-electron chi connectivity index (χ1n) is 5.22. The Morgan fingerprint density at radius 3 is 2.63 bits per heavy atom. The largest absolute Gasteiger partial charge is 0.457 e. The van der Waals surface area contributed by atoms with E-state index in [0.717, 1.165) is 5.56 Å². The maximum absolute atomic E-state index is 11.6. The second kappa shape index (κ2) is 6.70. The van der Waals surface area contributed by atoms with Crippen LogP contribution in [0, 0.1) is 0 Å². The molecule has 0 amide bonds. The minimum Gasteiger partial charge on any atom is -0.457 e. The lowest BCUT2D eigenvalue weighted by atomic mass is 10.3. The molecule has 0 atom stereocenters. The fourth-order valence-corrected chi connectivity index (χ4v) is 2.80. The predicted octanol–water partition coefficient (Wildman–Crippen LogP) is 3.52. The van der Waals surface area contributed by atoms with Crippen LogP contribution < -0.4 is 0 Å². The van der Waals surface area contributed by atoms with E-state index in [9.17, 15) is 9.59 Å². The van der Waals surface area contributed by atoms with Gasteiger partial charge in [0.1, 0.15) is 16.4 Å². The van der Waals surface area contributed by atoms with E-state index < -0.39 is 5.97 Å². The first kappa shape index (κ1) is 14.0. The van der Waals surface area contributed by atoms with Gasteiger partial charge in [0.15, 0.2) is 6.07 Å². The van der Waals surface area contributed by atoms with E-state index in [0.29, 0.717) is 9.75 Å². The van der Waals surface area contributed by atoms with Gasteiger partial charge in [-0.1, -0.05) is 17.7 Å². The number of halogens is 1. The maximum atomic E-state index is 11.6. The monoisotopic (exact) mass is 316 g/mol. The molecular formula is C12H9ClO4S2. The maximum Gasteiger partial charge on any atom is 0.349 e. The highest BCUT2D eigenvalue weighted by Crippen LogP contribution is 2.18. The van der Waals surface area contributed by atoms with Gasteiger partial charge in [0.2, 0.25) is 0 Å². The SMILES string of the molecule is O=C(OCCl)c1cc(COC(=O)c2cccs2)cs1. The highest BCUT2D eigenvalue weighted by atomic mass is 35.5. The van der Waals surface area contributed by atoms with Crippen LogP contribution in [0.25, 0.3) is 0 Å². The number of carbonyl (C=O) groups excluding carboxylic acids is 2. The van der Waals surface area contributed by atoms with Crippen LogP contribution in [0.4, 0.5) is 0 Å². The summed E-state index contributed by atoms with van der Waals surface area (Å²) in [6, 6.07) is 4.93. The summed E-state index contributed by atoms with van der Waals surface area (Å²) < 4.78 is 9.78. The average Bonchev–Trinajstić information content (AvgIpc) is 3.07. The molecular weight excluding hydrogens is 308 g/mol. The Hall–Kier alpha value is -1.37. The zero-order valence-corrected chi connectivity index (χ0v) is 12.0. The van der Waals surface area contributed by atoms with E-state index >= 15 is 0 Å². The Labute approximate surface area is 122 Å². The lowest BCUT2D eigenvalue weighted by molar-refractivity contribution is 0.0479. The van der Waals surface area contributed by atoms with Gasteiger partial charge in [-0.15, -0.1) is 22.7 Å². The Balaban J connectivity index is 1.90. The van der Waals surface area contributed by atoms with Gasteiger partial charge in [-0.2, -0.15) is 0 Å². The van der Waals surface area contributed by atoms with Gasteiger partial charge in [-0.3, -0.25) is 0 Å². The van der Waals surface area contributed by atoms with Crippen LogP contribution in [-0.4, -0.2) is 18.0 Å². The predicted molar refractivity (Wildman–Crippen MR) is 73.9 cm³/mol. The summed E-state index contributed by atoms with van der Waals surface area (Å²) >= 11 is 7.85. The molecule has 0 saturated carbocycles. The molecule has 0 spiro atoms. The molecule has 0 aromatic carbocycles. The van der Waals surface area contributed by atoms with Crippen molar-refractivity contribution in [1.82, 2.24) is 0 Å². The highest BCUT2D eigenvalue weighted by molar-refractivity contribution is 7.12. The molecule has 7 heteroatoms. The second-order valence-electron chi connectivity index (χ2n) is 3.41. The summed E-state index contributed by atoms with van der Waals surface area (Å²) in [5, 5.41) is 3.55. The smallest absolute Gasteiger partial charge is 0.349 e. The number of thiophene rings is 2. The molecule has 0 unspecified atom stereocenters. The van der Waals surface area contributed by atoms with Crippen molar-refractivity contribution in [3.63, 3.8) is 0 Å². The number of ether oxygens (including phenoxy) is 2. The molecule has 0 aliphatic heterocycles. The van der Waals surface area contributed by atoms with Gasteiger partial charge in [0, 0.05) is 5.56 Å².